The molecule has 0 bridgehead atoms. The van der Waals surface area contributed by atoms with Gasteiger partial charge in [0.05, 0.1) is 29.1 Å². The van der Waals surface area contributed by atoms with Gasteiger partial charge in [0.25, 0.3) is 0 Å². The Bertz CT molecular complexity index is 810. The van der Waals surface area contributed by atoms with Crippen LogP contribution in [0, 0.1) is 6.92 Å². The van der Waals surface area contributed by atoms with Crippen LogP contribution in [0.1, 0.15) is 9.88 Å². The van der Waals surface area contributed by atoms with E-state index in [0.717, 1.165) is 31.9 Å². The summed E-state index contributed by atoms with van der Waals surface area (Å²) < 4.78 is 5.17. The zero-order chi connectivity index (χ0) is 16.2. The Morgan fingerprint density at radius 3 is 2.91 bits per heavy atom. The number of thiazole rings is 1. The molecule has 0 radical (unpaired) electrons. The summed E-state index contributed by atoms with van der Waals surface area (Å²) in [7, 11) is 1.61. The van der Waals surface area contributed by atoms with Crippen molar-refractivity contribution in [2.45, 2.75) is 13.3 Å². The molecule has 0 fully saturated rings. The van der Waals surface area contributed by atoms with Gasteiger partial charge in [0.2, 0.25) is 5.91 Å². The number of carbonyl (C=O) groups excluding carboxylic acids is 1. The molecule has 1 N–H and O–H groups in total. The molecule has 2 heterocycles. The van der Waals surface area contributed by atoms with Crippen molar-refractivity contribution >= 4 is 34.3 Å². The number of thiophene rings is 1. The number of aryl methyl sites for hydroxylation is 1. The van der Waals surface area contributed by atoms with Crippen molar-refractivity contribution in [3.63, 3.8) is 0 Å². The average Bonchev–Trinajstić information content (AvgIpc) is 3.17. The van der Waals surface area contributed by atoms with Gasteiger partial charge >= 0.3 is 0 Å². The molecule has 0 aliphatic carbocycles. The van der Waals surface area contributed by atoms with E-state index in [0.29, 0.717) is 6.42 Å². The van der Waals surface area contributed by atoms with E-state index in [9.17, 15) is 4.79 Å². The van der Waals surface area contributed by atoms with Crippen molar-refractivity contribution in [1.82, 2.24) is 4.98 Å². The second-order valence-electron chi connectivity index (χ2n) is 4.94. The molecule has 0 saturated heterocycles. The summed E-state index contributed by atoms with van der Waals surface area (Å²) in [5.74, 6) is 0.662. The molecule has 4 nitrogen and oxygen atoms in total. The van der Waals surface area contributed by atoms with Crippen molar-refractivity contribution in [2.75, 3.05) is 12.4 Å². The highest BCUT2D eigenvalue weighted by atomic mass is 32.1. The van der Waals surface area contributed by atoms with Crippen molar-refractivity contribution in [1.29, 1.82) is 0 Å². The number of hydrogen-bond acceptors (Lipinski definition) is 5. The standard InChI is InChI=1S/C17H16N2O2S2/c1-11-18-17(14-7-4-8-22-14)15(23-11)10-16(20)19-12-5-3-6-13(9-12)21-2/h3-9H,10H2,1-2H3,(H,19,20). The summed E-state index contributed by atoms with van der Waals surface area (Å²) in [5, 5.41) is 5.90. The van der Waals surface area contributed by atoms with Gasteiger partial charge < -0.3 is 10.1 Å². The first-order valence-electron chi connectivity index (χ1n) is 7.10. The van der Waals surface area contributed by atoms with E-state index in [-0.39, 0.29) is 5.91 Å². The number of amides is 1. The molecular weight excluding hydrogens is 328 g/mol. The Labute approximate surface area is 142 Å². The molecule has 0 unspecified atom stereocenters. The van der Waals surface area contributed by atoms with Crippen molar-refractivity contribution < 1.29 is 9.53 Å². The van der Waals surface area contributed by atoms with Gasteiger partial charge in [-0.3, -0.25) is 4.79 Å². The average molecular weight is 344 g/mol. The van der Waals surface area contributed by atoms with E-state index < -0.39 is 0 Å². The van der Waals surface area contributed by atoms with Gasteiger partial charge in [-0.25, -0.2) is 4.98 Å². The van der Waals surface area contributed by atoms with E-state index in [1.807, 2.05) is 42.6 Å². The summed E-state index contributed by atoms with van der Waals surface area (Å²) in [4.78, 5) is 19.0. The molecule has 3 rings (SSSR count). The van der Waals surface area contributed by atoms with Crippen LogP contribution in [-0.4, -0.2) is 18.0 Å². The molecule has 23 heavy (non-hydrogen) atoms. The highest BCUT2D eigenvalue weighted by Crippen LogP contribution is 2.31. The van der Waals surface area contributed by atoms with Gasteiger partial charge in [0, 0.05) is 16.6 Å². The van der Waals surface area contributed by atoms with Gasteiger partial charge in [-0.05, 0) is 30.5 Å². The Morgan fingerprint density at radius 1 is 1.30 bits per heavy atom. The van der Waals surface area contributed by atoms with Crippen LogP contribution in [0.5, 0.6) is 5.75 Å². The third kappa shape index (κ3) is 3.78. The highest BCUT2D eigenvalue weighted by molar-refractivity contribution is 7.15. The van der Waals surface area contributed by atoms with Gasteiger partial charge in [0.1, 0.15) is 5.75 Å². The van der Waals surface area contributed by atoms with E-state index in [4.69, 9.17) is 4.74 Å². The zero-order valence-electron chi connectivity index (χ0n) is 12.8. The number of benzene rings is 1. The number of carbonyl (C=O) groups is 1. The molecule has 118 valence electrons. The number of aromatic nitrogens is 1. The van der Waals surface area contributed by atoms with Gasteiger partial charge in [-0.2, -0.15) is 0 Å². The third-order valence-electron chi connectivity index (χ3n) is 3.23. The van der Waals surface area contributed by atoms with E-state index in [1.165, 1.54) is 0 Å². The highest BCUT2D eigenvalue weighted by Gasteiger charge is 2.15. The smallest absolute Gasteiger partial charge is 0.229 e. The summed E-state index contributed by atoms with van der Waals surface area (Å²) >= 11 is 3.20. The molecule has 1 aromatic carbocycles. The summed E-state index contributed by atoms with van der Waals surface area (Å²) in [6.45, 7) is 1.96. The zero-order valence-corrected chi connectivity index (χ0v) is 14.5. The normalized spacial score (nSPS) is 10.5. The van der Waals surface area contributed by atoms with Crippen LogP contribution in [0.15, 0.2) is 41.8 Å². The van der Waals surface area contributed by atoms with Crippen molar-refractivity contribution in [2.24, 2.45) is 0 Å². The quantitative estimate of drug-likeness (QED) is 0.748. The van der Waals surface area contributed by atoms with E-state index >= 15 is 0 Å². The van der Waals surface area contributed by atoms with Crippen LogP contribution in [-0.2, 0) is 11.2 Å². The second-order valence-corrected chi connectivity index (χ2v) is 7.17. The van der Waals surface area contributed by atoms with Gasteiger partial charge in [-0.1, -0.05) is 12.1 Å². The molecule has 3 aromatic rings. The topological polar surface area (TPSA) is 51.2 Å². The lowest BCUT2D eigenvalue weighted by Gasteiger charge is -2.07. The number of ether oxygens (including phenoxy) is 1. The van der Waals surface area contributed by atoms with Crippen LogP contribution in [0.25, 0.3) is 10.6 Å². The fraction of sp³-hybridized carbons (Fsp3) is 0.176. The lowest BCUT2D eigenvalue weighted by Crippen LogP contribution is -2.14. The monoisotopic (exact) mass is 344 g/mol. The lowest BCUT2D eigenvalue weighted by atomic mass is 10.2. The molecule has 2 aromatic heterocycles. The first-order chi connectivity index (χ1) is 11.2. The minimum absolute atomic E-state index is 0.0558. The Hall–Kier alpha value is -2.18. The Morgan fingerprint density at radius 2 is 2.17 bits per heavy atom. The number of hydrogen-bond donors (Lipinski definition) is 1. The first kappa shape index (κ1) is 15.7. The Kier molecular flexibility index (Phi) is 4.73. The third-order valence-corrected chi connectivity index (χ3v) is 5.08. The minimum Gasteiger partial charge on any atom is -0.497 e. The molecule has 0 spiro atoms. The van der Waals surface area contributed by atoms with Crippen LogP contribution < -0.4 is 10.1 Å². The molecule has 0 atom stereocenters. The van der Waals surface area contributed by atoms with Crippen LogP contribution in [0.3, 0.4) is 0 Å². The summed E-state index contributed by atoms with van der Waals surface area (Å²) in [6.07, 6.45) is 0.315. The predicted molar refractivity (Wildman–Crippen MR) is 95.5 cm³/mol. The SMILES string of the molecule is COc1cccc(NC(=O)Cc2sc(C)nc2-c2cccs2)c1. The van der Waals surface area contributed by atoms with Crippen molar-refractivity contribution in [3.8, 4) is 16.3 Å². The van der Waals surface area contributed by atoms with Crippen LogP contribution >= 0.6 is 22.7 Å². The van der Waals surface area contributed by atoms with Crippen LogP contribution in [0.2, 0.25) is 0 Å². The van der Waals surface area contributed by atoms with Gasteiger partial charge in [0.15, 0.2) is 0 Å². The second kappa shape index (κ2) is 6.93. The molecule has 0 aliphatic heterocycles. The molecule has 1 amide bonds. The molecule has 6 heteroatoms. The molecular formula is C17H16N2O2S2. The fourth-order valence-electron chi connectivity index (χ4n) is 2.25. The lowest BCUT2D eigenvalue weighted by molar-refractivity contribution is -0.115. The fourth-order valence-corrected chi connectivity index (χ4v) is 4.00. The van der Waals surface area contributed by atoms with E-state index in [2.05, 4.69) is 10.3 Å². The number of nitrogens with zero attached hydrogens (tertiary/aromatic N) is 1. The summed E-state index contributed by atoms with van der Waals surface area (Å²) in [6, 6.07) is 11.4. The van der Waals surface area contributed by atoms with Crippen LogP contribution in [0.4, 0.5) is 5.69 Å². The molecule has 0 aliphatic rings. The van der Waals surface area contributed by atoms with Gasteiger partial charge in [-0.15, -0.1) is 22.7 Å². The Balaban J connectivity index is 1.75. The van der Waals surface area contributed by atoms with Crippen molar-refractivity contribution in [3.05, 3.63) is 51.7 Å². The summed E-state index contributed by atoms with van der Waals surface area (Å²) in [5.41, 5.74) is 1.65. The van der Waals surface area contributed by atoms with E-state index in [1.54, 1.807) is 35.8 Å². The largest absolute Gasteiger partial charge is 0.497 e. The predicted octanol–water partition coefficient (Wildman–Crippen LogP) is 4.37. The number of rotatable bonds is 5. The minimum atomic E-state index is -0.0558. The number of methoxy groups -OCH3 is 1. The maximum atomic E-state index is 12.3. The molecule has 0 saturated carbocycles. The maximum Gasteiger partial charge on any atom is 0.229 e. The number of anilines is 1. The maximum absolute atomic E-state index is 12.3. The number of nitrogens with one attached hydrogen (secondary N) is 1. The first-order valence-corrected chi connectivity index (χ1v) is 8.79.